The number of nitro groups is 1. The van der Waals surface area contributed by atoms with Crippen molar-refractivity contribution in [2.45, 2.75) is 31.1 Å². The summed E-state index contributed by atoms with van der Waals surface area (Å²) in [4.78, 5) is 10.1. The van der Waals surface area contributed by atoms with E-state index in [-0.39, 0.29) is 29.3 Å². The fourth-order valence-corrected chi connectivity index (χ4v) is 3.12. The molecule has 0 bridgehead atoms. The average Bonchev–Trinajstić information content (AvgIpc) is 2.38. The van der Waals surface area contributed by atoms with Gasteiger partial charge in [0.1, 0.15) is 0 Å². The number of aliphatic hydroxyl groups is 1. The number of hydrogen-bond donors (Lipinski definition) is 2. The molecule has 0 aliphatic heterocycles. The molecule has 1 rings (SSSR count). The van der Waals surface area contributed by atoms with Gasteiger partial charge in [0.05, 0.1) is 9.82 Å². The first-order valence-corrected chi connectivity index (χ1v) is 7.73. The lowest BCUT2D eigenvalue weighted by Crippen LogP contribution is -2.25. The third-order valence-electron chi connectivity index (χ3n) is 2.87. The highest BCUT2D eigenvalue weighted by Crippen LogP contribution is 2.24. The number of aliphatic hydroxyl groups excluding tert-OH is 1. The highest BCUT2D eigenvalue weighted by atomic mass is 32.2. The molecule has 0 aromatic heterocycles. The van der Waals surface area contributed by atoms with E-state index in [2.05, 4.69) is 4.72 Å². The lowest BCUT2D eigenvalue weighted by Gasteiger charge is -2.09. The predicted molar refractivity (Wildman–Crippen MR) is 74.0 cm³/mol. The zero-order chi connectivity index (χ0) is 15.2. The molecule has 7 nitrogen and oxygen atoms in total. The van der Waals surface area contributed by atoms with Crippen LogP contribution in [0.4, 0.5) is 5.69 Å². The Morgan fingerprint density at radius 3 is 2.60 bits per heavy atom. The van der Waals surface area contributed by atoms with Crippen molar-refractivity contribution in [1.29, 1.82) is 0 Å². The van der Waals surface area contributed by atoms with Crippen LogP contribution >= 0.6 is 0 Å². The summed E-state index contributed by atoms with van der Waals surface area (Å²) in [5.74, 6) is 0. The van der Waals surface area contributed by atoms with Crippen molar-refractivity contribution < 1.29 is 18.4 Å². The second-order valence-corrected chi connectivity index (χ2v) is 6.07. The van der Waals surface area contributed by atoms with Crippen molar-refractivity contribution in [1.82, 2.24) is 4.72 Å². The Kier molecular flexibility index (Phi) is 6.05. The van der Waals surface area contributed by atoms with Gasteiger partial charge < -0.3 is 5.11 Å². The van der Waals surface area contributed by atoms with Crippen molar-refractivity contribution in [3.05, 3.63) is 33.9 Å². The number of unbranched alkanes of at least 4 members (excludes halogenated alkanes) is 2. The van der Waals surface area contributed by atoms with Gasteiger partial charge in [0.25, 0.3) is 5.69 Å². The first-order chi connectivity index (χ1) is 9.40. The molecule has 112 valence electrons. The van der Waals surface area contributed by atoms with Crippen molar-refractivity contribution in [3.8, 4) is 0 Å². The van der Waals surface area contributed by atoms with Crippen LogP contribution in [0, 0.1) is 17.0 Å². The van der Waals surface area contributed by atoms with E-state index in [9.17, 15) is 18.5 Å². The molecule has 1 aromatic carbocycles. The molecule has 0 aliphatic rings. The van der Waals surface area contributed by atoms with E-state index in [0.717, 1.165) is 0 Å². The van der Waals surface area contributed by atoms with Gasteiger partial charge in [-0.2, -0.15) is 0 Å². The van der Waals surface area contributed by atoms with Crippen LogP contribution in [0.1, 0.15) is 24.8 Å². The maximum atomic E-state index is 12.1. The van der Waals surface area contributed by atoms with Gasteiger partial charge in [-0.1, -0.05) is 6.07 Å². The molecule has 0 heterocycles. The van der Waals surface area contributed by atoms with E-state index < -0.39 is 14.9 Å². The number of sulfonamides is 1. The Labute approximate surface area is 117 Å². The highest BCUT2D eigenvalue weighted by molar-refractivity contribution is 7.89. The topological polar surface area (TPSA) is 110 Å². The lowest BCUT2D eigenvalue weighted by atomic mass is 10.2. The van der Waals surface area contributed by atoms with E-state index in [1.54, 1.807) is 0 Å². The quantitative estimate of drug-likeness (QED) is 0.428. The van der Waals surface area contributed by atoms with Crippen LogP contribution in [-0.2, 0) is 10.0 Å². The smallest absolute Gasteiger partial charge is 0.273 e. The highest BCUT2D eigenvalue weighted by Gasteiger charge is 2.22. The Balaban J connectivity index is 2.83. The van der Waals surface area contributed by atoms with Crippen LogP contribution in [0.15, 0.2) is 23.1 Å². The minimum absolute atomic E-state index is 0.0751. The number of rotatable bonds is 8. The fraction of sp³-hybridized carbons (Fsp3) is 0.500. The largest absolute Gasteiger partial charge is 0.396 e. The van der Waals surface area contributed by atoms with E-state index in [1.165, 1.54) is 25.1 Å². The molecular formula is C12H18N2O5S. The third kappa shape index (κ3) is 4.26. The summed E-state index contributed by atoms with van der Waals surface area (Å²) in [6, 6.07) is 3.97. The summed E-state index contributed by atoms with van der Waals surface area (Å²) >= 11 is 0. The molecule has 0 saturated carbocycles. The van der Waals surface area contributed by atoms with Gasteiger partial charge in [-0.05, 0) is 32.3 Å². The summed E-state index contributed by atoms with van der Waals surface area (Å²) in [5, 5.41) is 19.4. The van der Waals surface area contributed by atoms with Gasteiger partial charge in [0.15, 0.2) is 0 Å². The third-order valence-corrected chi connectivity index (χ3v) is 4.47. The van der Waals surface area contributed by atoms with E-state index in [1.807, 2.05) is 0 Å². The molecular weight excluding hydrogens is 284 g/mol. The van der Waals surface area contributed by atoms with Crippen molar-refractivity contribution in [3.63, 3.8) is 0 Å². The minimum Gasteiger partial charge on any atom is -0.396 e. The first-order valence-electron chi connectivity index (χ1n) is 6.24. The second kappa shape index (κ2) is 7.32. The number of hydrogen-bond acceptors (Lipinski definition) is 5. The van der Waals surface area contributed by atoms with Crippen LogP contribution in [0.25, 0.3) is 0 Å². The molecule has 0 atom stereocenters. The van der Waals surface area contributed by atoms with Gasteiger partial charge in [0, 0.05) is 24.8 Å². The molecule has 0 spiro atoms. The molecule has 0 radical (unpaired) electrons. The van der Waals surface area contributed by atoms with Crippen molar-refractivity contribution >= 4 is 15.7 Å². The summed E-state index contributed by atoms with van der Waals surface area (Å²) in [6.45, 7) is 1.74. The Morgan fingerprint density at radius 1 is 1.30 bits per heavy atom. The normalized spacial score (nSPS) is 11.5. The molecule has 0 fully saturated rings. The Morgan fingerprint density at radius 2 is 2.00 bits per heavy atom. The summed E-state index contributed by atoms with van der Waals surface area (Å²) in [7, 11) is -3.75. The van der Waals surface area contributed by atoms with Crippen molar-refractivity contribution in [2.75, 3.05) is 13.2 Å². The van der Waals surface area contributed by atoms with E-state index in [4.69, 9.17) is 5.11 Å². The zero-order valence-electron chi connectivity index (χ0n) is 11.2. The first kappa shape index (κ1) is 16.5. The van der Waals surface area contributed by atoms with Crippen molar-refractivity contribution in [2.24, 2.45) is 0 Å². The van der Waals surface area contributed by atoms with Gasteiger partial charge in [0.2, 0.25) is 10.0 Å². The minimum atomic E-state index is -3.75. The number of nitrogens with zero attached hydrogens (tertiary/aromatic N) is 1. The monoisotopic (exact) mass is 302 g/mol. The Hall–Kier alpha value is -1.51. The number of nitro benzene ring substituents is 1. The van der Waals surface area contributed by atoms with Gasteiger partial charge in [-0.15, -0.1) is 0 Å². The molecule has 0 saturated heterocycles. The van der Waals surface area contributed by atoms with Crippen LogP contribution in [0.5, 0.6) is 0 Å². The van der Waals surface area contributed by atoms with Crippen LogP contribution < -0.4 is 4.72 Å². The predicted octanol–water partition coefficient (Wildman–Crippen LogP) is 1.34. The second-order valence-electron chi connectivity index (χ2n) is 4.34. The zero-order valence-corrected chi connectivity index (χ0v) is 12.0. The Bertz CT molecular complexity index is 571. The summed E-state index contributed by atoms with van der Waals surface area (Å²) < 4.78 is 26.6. The van der Waals surface area contributed by atoms with Gasteiger partial charge in [-0.25, -0.2) is 13.1 Å². The molecule has 2 N–H and O–H groups in total. The molecule has 20 heavy (non-hydrogen) atoms. The summed E-state index contributed by atoms with van der Waals surface area (Å²) in [5.41, 5.74) is -0.0893. The molecule has 0 aliphatic carbocycles. The standard InChI is InChI=1S/C12H18N2O5S/c1-10-11(14(16)17)6-5-7-12(10)20(18,19)13-8-3-2-4-9-15/h5-7,13,15H,2-4,8-9H2,1H3. The lowest BCUT2D eigenvalue weighted by molar-refractivity contribution is -0.385. The van der Waals surface area contributed by atoms with E-state index in [0.29, 0.717) is 19.3 Å². The van der Waals surface area contributed by atoms with Crippen LogP contribution in [0.2, 0.25) is 0 Å². The molecule has 1 aromatic rings. The van der Waals surface area contributed by atoms with Crippen LogP contribution in [0.3, 0.4) is 0 Å². The maximum Gasteiger partial charge on any atom is 0.273 e. The maximum absolute atomic E-state index is 12.1. The van der Waals surface area contributed by atoms with Crippen LogP contribution in [-0.4, -0.2) is 31.6 Å². The molecule has 0 unspecified atom stereocenters. The molecule has 0 amide bonds. The van der Waals surface area contributed by atoms with Gasteiger partial charge in [-0.3, -0.25) is 10.1 Å². The van der Waals surface area contributed by atoms with E-state index >= 15 is 0 Å². The number of benzene rings is 1. The molecule has 8 heteroatoms. The SMILES string of the molecule is Cc1c([N+](=O)[O-])cccc1S(=O)(=O)NCCCCCO. The average molecular weight is 302 g/mol. The van der Waals surface area contributed by atoms with Gasteiger partial charge >= 0.3 is 0 Å². The summed E-state index contributed by atoms with van der Waals surface area (Å²) in [6.07, 6.45) is 1.94. The number of nitrogens with one attached hydrogen (secondary N) is 1. The fourth-order valence-electron chi connectivity index (χ4n) is 1.79.